The van der Waals surface area contributed by atoms with Gasteiger partial charge in [0.1, 0.15) is 0 Å². The quantitative estimate of drug-likeness (QED) is 0.859. The molecule has 1 aliphatic rings. The van der Waals surface area contributed by atoms with Gasteiger partial charge >= 0.3 is 0 Å². The Balaban J connectivity index is 2.11. The largest absolute Gasteiger partial charge is 0.314 e. The summed E-state index contributed by atoms with van der Waals surface area (Å²) < 4.78 is 0. The second-order valence-electron chi connectivity index (χ2n) is 5.19. The number of rotatable bonds is 5. The van der Waals surface area contributed by atoms with Crippen molar-refractivity contribution in [2.75, 3.05) is 26.2 Å². The Hall–Kier alpha value is -0.860. The van der Waals surface area contributed by atoms with Gasteiger partial charge in [0, 0.05) is 32.2 Å². The Labute approximate surface area is 111 Å². The molecule has 0 saturated carbocycles. The molecule has 1 atom stereocenters. The molecule has 0 radical (unpaired) electrons. The molecule has 1 aromatic rings. The van der Waals surface area contributed by atoms with Crippen LogP contribution in [0.1, 0.15) is 43.9 Å². The molecule has 1 heterocycles. The monoisotopic (exact) mass is 246 g/mol. The van der Waals surface area contributed by atoms with Crippen LogP contribution >= 0.6 is 0 Å². The fourth-order valence-electron chi connectivity index (χ4n) is 2.80. The molecule has 18 heavy (non-hydrogen) atoms. The number of benzene rings is 1. The maximum Gasteiger partial charge on any atom is 0.0349 e. The molecule has 0 unspecified atom stereocenters. The summed E-state index contributed by atoms with van der Waals surface area (Å²) in [4.78, 5) is 2.64. The molecule has 2 rings (SSSR count). The summed E-state index contributed by atoms with van der Waals surface area (Å²) in [5.41, 5.74) is 2.94. The van der Waals surface area contributed by atoms with Crippen molar-refractivity contribution in [1.29, 1.82) is 0 Å². The van der Waals surface area contributed by atoms with Crippen molar-refractivity contribution in [1.82, 2.24) is 10.2 Å². The number of piperazine rings is 1. The van der Waals surface area contributed by atoms with Crippen molar-refractivity contribution < 1.29 is 0 Å². The Morgan fingerprint density at radius 3 is 2.33 bits per heavy atom. The van der Waals surface area contributed by atoms with E-state index in [0.29, 0.717) is 6.04 Å². The zero-order valence-corrected chi connectivity index (χ0v) is 11.8. The smallest absolute Gasteiger partial charge is 0.0349 e. The number of hydrogen-bond acceptors (Lipinski definition) is 2. The Morgan fingerprint density at radius 2 is 1.78 bits per heavy atom. The zero-order chi connectivity index (χ0) is 12.8. The van der Waals surface area contributed by atoms with Crippen molar-refractivity contribution >= 4 is 0 Å². The van der Waals surface area contributed by atoms with Gasteiger partial charge in [0.2, 0.25) is 0 Å². The molecular formula is C16H26N2. The minimum Gasteiger partial charge on any atom is -0.314 e. The topological polar surface area (TPSA) is 15.3 Å². The van der Waals surface area contributed by atoms with Gasteiger partial charge < -0.3 is 5.32 Å². The molecule has 1 aliphatic heterocycles. The van der Waals surface area contributed by atoms with Crippen LogP contribution in [0.2, 0.25) is 0 Å². The van der Waals surface area contributed by atoms with E-state index in [0.717, 1.165) is 19.5 Å². The lowest BCUT2D eigenvalue weighted by atomic mass is 9.98. The van der Waals surface area contributed by atoms with Crippen LogP contribution in [0.5, 0.6) is 0 Å². The lowest BCUT2D eigenvalue weighted by molar-refractivity contribution is 0.164. The van der Waals surface area contributed by atoms with E-state index in [1.165, 1.54) is 37.1 Å². The molecule has 1 aromatic carbocycles. The average Bonchev–Trinajstić information content (AvgIpc) is 2.46. The van der Waals surface area contributed by atoms with Gasteiger partial charge in [-0.15, -0.1) is 0 Å². The summed E-state index contributed by atoms with van der Waals surface area (Å²) in [5.74, 6) is 0. The molecule has 2 heteroatoms. The van der Waals surface area contributed by atoms with Gasteiger partial charge in [-0.1, -0.05) is 44.5 Å². The summed E-state index contributed by atoms with van der Waals surface area (Å²) in [6, 6.07) is 9.87. The third-order valence-electron chi connectivity index (χ3n) is 3.93. The maximum atomic E-state index is 3.44. The summed E-state index contributed by atoms with van der Waals surface area (Å²) in [6.07, 6.45) is 3.65. The lowest BCUT2D eigenvalue weighted by Gasteiger charge is -2.35. The SMILES string of the molecule is CCC[C@H](c1ccc(CC)cc1)N1CCNCC1. The lowest BCUT2D eigenvalue weighted by Crippen LogP contribution is -2.45. The van der Waals surface area contributed by atoms with Gasteiger partial charge in [-0.05, 0) is 24.0 Å². The van der Waals surface area contributed by atoms with E-state index in [9.17, 15) is 0 Å². The van der Waals surface area contributed by atoms with Gasteiger partial charge in [-0.3, -0.25) is 4.90 Å². The summed E-state index contributed by atoms with van der Waals surface area (Å²) >= 11 is 0. The predicted molar refractivity (Wildman–Crippen MR) is 77.9 cm³/mol. The van der Waals surface area contributed by atoms with E-state index in [2.05, 4.69) is 48.3 Å². The average molecular weight is 246 g/mol. The number of aryl methyl sites for hydroxylation is 1. The van der Waals surface area contributed by atoms with Crippen molar-refractivity contribution in [2.45, 2.75) is 39.2 Å². The highest BCUT2D eigenvalue weighted by Gasteiger charge is 2.20. The first-order chi connectivity index (χ1) is 8.85. The van der Waals surface area contributed by atoms with Crippen LogP contribution < -0.4 is 5.32 Å². The van der Waals surface area contributed by atoms with E-state index in [1.807, 2.05) is 0 Å². The van der Waals surface area contributed by atoms with E-state index < -0.39 is 0 Å². The molecule has 0 amide bonds. The van der Waals surface area contributed by atoms with Crippen LogP contribution in [0.15, 0.2) is 24.3 Å². The molecule has 0 bridgehead atoms. The van der Waals surface area contributed by atoms with E-state index in [4.69, 9.17) is 0 Å². The van der Waals surface area contributed by atoms with Crippen LogP contribution in [-0.2, 0) is 6.42 Å². The van der Waals surface area contributed by atoms with E-state index in [1.54, 1.807) is 0 Å². The summed E-state index contributed by atoms with van der Waals surface area (Å²) in [7, 11) is 0. The Kier molecular flexibility index (Phi) is 5.21. The molecular weight excluding hydrogens is 220 g/mol. The van der Waals surface area contributed by atoms with Gasteiger partial charge in [0.15, 0.2) is 0 Å². The van der Waals surface area contributed by atoms with Gasteiger partial charge in [-0.25, -0.2) is 0 Å². The first kappa shape index (κ1) is 13.6. The van der Waals surface area contributed by atoms with Crippen molar-refractivity contribution in [2.24, 2.45) is 0 Å². The van der Waals surface area contributed by atoms with Crippen molar-refractivity contribution in [3.8, 4) is 0 Å². The van der Waals surface area contributed by atoms with Gasteiger partial charge in [0.05, 0.1) is 0 Å². The highest BCUT2D eigenvalue weighted by molar-refractivity contribution is 5.25. The number of hydrogen-bond donors (Lipinski definition) is 1. The molecule has 0 spiro atoms. The minimum atomic E-state index is 0.614. The first-order valence-corrected chi connectivity index (χ1v) is 7.38. The van der Waals surface area contributed by atoms with Crippen LogP contribution in [0, 0.1) is 0 Å². The summed E-state index contributed by atoms with van der Waals surface area (Å²) in [6.45, 7) is 9.13. The molecule has 1 N–H and O–H groups in total. The molecule has 1 saturated heterocycles. The number of nitrogens with one attached hydrogen (secondary N) is 1. The molecule has 1 fully saturated rings. The zero-order valence-electron chi connectivity index (χ0n) is 11.8. The molecule has 0 aromatic heterocycles. The van der Waals surface area contributed by atoms with E-state index in [-0.39, 0.29) is 0 Å². The van der Waals surface area contributed by atoms with Gasteiger partial charge in [0.25, 0.3) is 0 Å². The third-order valence-corrected chi connectivity index (χ3v) is 3.93. The van der Waals surface area contributed by atoms with Gasteiger partial charge in [-0.2, -0.15) is 0 Å². The van der Waals surface area contributed by atoms with Crippen LogP contribution in [0.4, 0.5) is 0 Å². The van der Waals surface area contributed by atoms with Crippen molar-refractivity contribution in [3.05, 3.63) is 35.4 Å². The second kappa shape index (κ2) is 6.91. The number of nitrogens with zero attached hydrogens (tertiary/aromatic N) is 1. The van der Waals surface area contributed by atoms with Crippen LogP contribution in [-0.4, -0.2) is 31.1 Å². The second-order valence-corrected chi connectivity index (χ2v) is 5.19. The summed E-state index contributed by atoms with van der Waals surface area (Å²) in [5, 5.41) is 3.44. The standard InChI is InChI=1S/C16H26N2/c1-3-5-16(18-12-10-17-11-13-18)15-8-6-14(4-2)7-9-15/h6-9,16-17H,3-5,10-13H2,1-2H3/t16-/m1/s1. The predicted octanol–water partition coefficient (Wildman–Crippen LogP) is 3.00. The normalized spacial score (nSPS) is 18.8. The molecule has 0 aliphatic carbocycles. The fourth-order valence-corrected chi connectivity index (χ4v) is 2.80. The van der Waals surface area contributed by atoms with Crippen molar-refractivity contribution in [3.63, 3.8) is 0 Å². The highest BCUT2D eigenvalue weighted by atomic mass is 15.2. The highest BCUT2D eigenvalue weighted by Crippen LogP contribution is 2.26. The third kappa shape index (κ3) is 3.33. The molecule has 2 nitrogen and oxygen atoms in total. The Morgan fingerprint density at radius 1 is 1.11 bits per heavy atom. The maximum absolute atomic E-state index is 3.44. The fraction of sp³-hybridized carbons (Fsp3) is 0.625. The Bertz CT molecular complexity index is 339. The van der Waals surface area contributed by atoms with Crippen LogP contribution in [0.3, 0.4) is 0 Å². The minimum absolute atomic E-state index is 0.614. The first-order valence-electron chi connectivity index (χ1n) is 7.38. The van der Waals surface area contributed by atoms with E-state index >= 15 is 0 Å². The van der Waals surface area contributed by atoms with Crippen LogP contribution in [0.25, 0.3) is 0 Å². The molecule has 100 valence electrons.